The number of sulfonamides is 1. The molecule has 1 amide bonds. The van der Waals surface area contributed by atoms with E-state index in [1.165, 1.54) is 6.07 Å². The zero-order valence-corrected chi connectivity index (χ0v) is 14.3. The molecule has 128 valence electrons. The van der Waals surface area contributed by atoms with Crippen LogP contribution < -0.4 is 15.8 Å². The van der Waals surface area contributed by atoms with Crippen LogP contribution in [0.25, 0.3) is 0 Å². The molecule has 0 aliphatic heterocycles. The molecule has 23 heavy (non-hydrogen) atoms. The molecule has 0 radical (unpaired) electrons. The molecule has 1 aliphatic rings. The molecule has 0 bridgehead atoms. The van der Waals surface area contributed by atoms with Gasteiger partial charge in [-0.05, 0) is 50.4 Å². The van der Waals surface area contributed by atoms with Crippen molar-refractivity contribution < 1.29 is 13.2 Å². The number of nitrogens with one attached hydrogen (secondary N) is 2. The van der Waals surface area contributed by atoms with Gasteiger partial charge in [0.05, 0.1) is 4.90 Å². The van der Waals surface area contributed by atoms with E-state index in [0.717, 1.165) is 25.7 Å². The first-order chi connectivity index (χ1) is 10.9. The van der Waals surface area contributed by atoms with E-state index >= 15 is 0 Å². The molecule has 0 spiro atoms. The van der Waals surface area contributed by atoms with E-state index < -0.39 is 10.0 Å². The van der Waals surface area contributed by atoms with Gasteiger partial charge in [-0.2, -0.15) is 0 Å². The van der Waals surface area contributed by atoms with Crippen molar-refractivity contribution in [3.63, 3.8) is 0 Å². The molecule has 0 unspecified atom stereocenters. The van der Waals surface area contributed by atoms with Crippen LogP contribution in [0.15, 0.2) is 23.1 Å². The first-order valence-corrected chi connectivity index (χ1v) is 9.53. The Hall–Kier alpha value is -1.44. The van der Waals surface area contributed by atoms with Crippen molar-refractivity contribution in [1.29, 1.82) is 0 Å². The number of amides is 1. The van der Waals surface area contributed by atoms with Crippen LogP contribution in [0.3, 0.4) is 0 Å². The highest BCUT2D eigenvalue weighted by atomic mass is 32.2. The van der Waals surface area contributed by atoms with Crippen molar-refractivity contribution >= 4 is 15.9 Å². The van der Waals surface area contributed by atoms with Gasteiger partial charge >= 0.3 is 0 Å². The van der Waals surface area contributed by atoms with Crippen molar-refractivity contribution in [3.8, 4) is 0 Å². The third-order valence-corrected chi connectivity index (χ3v) is 5.75. The van der Waals surface area contributed by atoms with Crippen LogP contribution in [0.4, 0.5) is 0 Å². The summed E-state index contributed by atoms with van der Waals surface area (Å²) in [6, 6.07) is 4.76. The average molecular weight is 339 g/mol. The van der Waals surface area contributed by atoms with Gasteiger partial charge in [0.25, 0.3) is 5.91 Å². The Morgan fingerprint density at radius 2 is 2.00 bits per heavy atom. The number of nitrogens with two attached hydrogens (primary N) is 1. The zero-order valence-electron chi connectivity index (χ0n) is 13.5. The monoisotopic (exact) mass is 339 g/mol. The number of carbonyl (C=O) groups is 1. The molecule has 4 N–H and O–H groups in total. The molecular formula is C16H25N3O3S. The molecule has 1 aromatic carbocycles. The van der Waals surface area contributed by atoms with Gasteiger partial charge in [-0.3, -0.25) is 4.79 Å². The Kier molecular flexibility index (Phi) is 6.15. The second kappa shape index (κ2) is 7.90. The fourth-order valence-electron chi connectivity index (χ4n) is 2.76. The van der Waals surface area contributed by atoms with Gasteiger partial charge in [0, 0.05) is 18.2 Å². The highest BCUT2D eigenvalue weighted by Crippen LogP contribution is 2.22. The first kappa shape index (κ1) is 17.9. The first-order valence-electron chi connectivity index (χ1n) is 8.05. The molecule has 1 aliphatic carbocycles. The van der Waals surface area contributed by atoms with Crippen LogP contribution in [0.1, 0.15) is 48.0 Å². The third-order valence-electron chi connectivity index (χ3n) is 4.08. The summed E-state index contributed by atoms with van der Waals surface area (Å²) >= 11 is 0. The average Bonchev–Trinajstić information content (AvgIpc) is 2.99. The maximum atomic E-state index is 12.6. The van der Waals surface area contributed by atoms with Crippen LogP contribution in [-0.4, -0.2) is 33.5 Å². The van der Waals surface area contributed by atoms with Crippen molar-refractivity contribution in [1.82, 2.24) is 10.0 Å². The molecule has 7 heteroatoms. The fraction of sp³-hybridized carbons (Fsp3) is 0.562. The Labute approximate surface area is 137 Å². The number of hydrogen-bond acceptors (Lipinski definition) is 4. The van der Waals surface area contributed by atoms with Crippen molar-refractivity contribution in [2.45, 2.75) is 50.0 Å². The largest absolute Gasteiger partial charge is 0.352 e. The van der Waals surface area contributed by atoms with E-state index in [4.69, 9.17) is 5.73 Å². The molecule has 0 heterocycles. The van der Waals surface area contributed by atoms with Gasteiger partial charge in [0.1, 0.15) is 0 Å². The Morgan fingerprint density at radius 1 is 1.30 bits per heavy atom. The van der Waals surface area contributed by atoms with Crippen LogP contribution in [-0.2, 0) is 10.0 Å². The molecule has 1 saturated carbocycles. The number of hydrogen-bond donors (Lipinski definition) is 3. The topological polar surface area (TPSA) is 101 Å². The minimum absolute atomic E-state index is 0.00133. The summed E-state index contributed by atoms with van der Waals surface area (Å²) in [4.78, 5) is 12.3. The fourth-order valence-corrected chi connectivity index (χ4v) is 4.34. The summed E-state index contributed by atoms with van der Waals surface area (Å²) in [6.07, 6.45) is 4.53. The summed E-state index contributed by atoms with van der Waals surface area (Å²) in [5, 5.41) is 2.74. The van der Waals surface area contributed by atoms with Crippen LogP contribution >= 0.6 is 0 Å². The number of carbonyl (C=O) groups excluding carboxylic acids is 1. The molecule has 0 atom stereocenters. The predicted molar refractivity (Wildman–Crippen MR) is 89.8 cm³/mol. The highest BCUT2D eigenvalue weighted by molar-refractivity contribution is 7.89. The molecule has 1 fully saturated rings. The van der Waals surface area contributed by atoms with E-state index in [1.807, 2.05) is 0 Å². The van der Waals surface area contributed by atoms with Crippen LogP contribution in [0.2, 0.25) is 0 Å². The van der Waals surface area contributed by atoms with Gasteiger partial charge in [0.15, 0.2) is 0 Å². The second-order valence-electron chi connectivity index (χ2n) is 5.98. The number of rotatable bonds is 7. The smallest absolute Gasteiger partial charge is 0.251 e. The number of aryl methyl sites for hydroxylation is 1. The minimum atomic E-state index is -3.61. The highest BCUT2D eigenvalue weighted by Gasteiger charge is 2.25. The quantitative estimate of drug-likeness (QED) is 0.652. The minimum Gasteiger partial charge on any atom is -0.352 e. The Bertz CT molecular complexity index is 653. The van der Waals surface area contributed by atoms with Gasteiger partial charge in [0.2, 0.25) is 10.0 Å². The van der Waals surface area contributed by atoms with E-state index in [-0.39, 0.29) is 16.8 Å². The van der Waals surface area contributed by atoms with Crippen LogP contribution in [0, 0.1) is 6.92 Å². The van der Waals surface area contributed by atoms with Crippen molar-refractivity contribution in [2.24, 2.45) is 5.73 Å². The summed E-state index contributed by atoms with van der Waals surface area (Å²) in [5.74, 6) is -0.282. The third kappa shape index (κ3) is 4.76. The number of benzene rings is 1. The summed E-state index contributed by atoms with van der Waals surface area (Å²) in [7, 11) is -3.61. The normalized spacial score (nSPS) is 15.7. The van der Waals surface area contributed by atoms with E-state index in [9.17, 15) is 13.2 Å². The van der Waals surface area contributed by atoms with E-state index in [2.05, 4.69) is 10.0 Å². The maximum Gasteiger partial charge on any atom is 0.251 e. The predicted octanol–water partition coefficient (Wildman–Crippen LogP) is 1.29. The lowest BCUT2D eigenvalue weighted by Crippen LogP contribution is -2.33. The summed E-state index contributed by atoms with van der Waals surface area (Å²) < 4.78 is 27.9. The lowest BCUT2D eigenvalue weighted by molar-refractivity contribution is 0.0953. The van der Waals surface area contributed by atoms with Crippen molar-refractivity contribution in [2.75, 3.05) is 13.1 Å². The lowest BCUT2D eigenvalue weighted by Gasteiger charge is -2.15. The zero-order chi connectivity index (χ0) is 16.9. The van der Waals surface area contributed by atoms with Crippen LogP contribution in [0.5, 0.6) is 0 Å². The molecule has 0 saturated heterocycles. The SMILES string of the molecule is Cc1ccc(C(=O)NCCCN)cc1S(=O)(=O)NC1CCCC1. The van der Waals surface area contributed by atoms with E-state index in [0.29, 0.717) is 30.6 Å². The Balaban J connectivity index is 2.17. The van der Waals surface area contributed by atoms with Gasteiger partial charge in [-0.1, -0.05) is 18.9 Å². The van der Waals surface area contributed by atoms with E-state index in [1.54, 1.807) is 19.1 Å². The van der Waals surface area contributed by atoms with Gasteiger partial charge < -0.3 is 11.1 Å². The molecule has 1 aromatic rings. The van der Waals surface area contributed by atoms with Gasteiger partial charge in [-0.15, -0.1) is 0 Å². The summed E-state index contributed by atoms with van der Waals surface area (Å²) in [5.41, 5.74) is 6.37. The van der Waals surface area contributed by atoms with Crippen molar-refractivity contribution in [3.05, 3.63) is 29.3 Å². The standard InChI is InChI=1S/C16H25N3O3S/c1-12-7-8-13(16(20)18-10-4-9-17)11-15(12)23(21,22)19-14-5-2-3-6-14/h7-8,11,14,19H,2-6,9-10,17H2,1H3,(H,18,20). The molecule has 2 rings (SSSR count). The lowest BCUT2D eigenvalue weighted by atomic mass is 10.1. The molecule has 6 nitrogen and oxygen atoms in total. The maximum absolute atomic E-state index is 12.6. The second-order valence-corrected chi connectivity index (χ2v) is 7.66. The molecular weight excluding hydrogens is 314 g/mol. The van der Waals surface area contributed by atoms with Gasteiger partial charge in [-0.25, -0.2) is 13.1 Å². The summed E-state index contributed by atoms with van der Waals surface area (Å²) in [6.45, 7) is 2.71. The molecule has 0 aromatic heterocycles. The Morgan fingerprint density at radius 3 is 2.65 bits per heavy atom.